The molecule has 1 saturated heterocycles. The fraction of sp³-hybridized carbons (Fsp3) is 0.500. The molecule has 1 heterocycles. The Kier molecular flexibility index (Phi) is 4.04. The highest BCUT2D eigenvalue weighted by molar-refractivity contribution is 5.95. The molecule has 0 spiro atoms. The first kappa shape index (κ1) is 13.8. The molecule has 0 aliphatic carbocycles. The van der Waals surface area contributed by atoms with Crippen molar-refractivity contribution in [3.63, 3.8) is 0 Å². The summed E-state index contributed by atoms with van der Waals surface area (Å²) in [6.07, 6.45) is 0. The van der Waals surface area contributed by atoms with Gasteiger partial charge in [-0.05, 0) is 32.0 Å². The van der Waals surface area contributed by atoms with Gasteiger partial charge in [0.1, 0.15) is 0 Å². The van der Waals surface area contributed by atoms with Gasteiger partial charge in [0.25, 0.3) is 5.91 Å². The minimum Gasteiger partial charge on any atom is -0.494 e. The Bertz CT molecular complexity index is 469. The molecule has 2 unspecified atom stereocenters. The number of hydrogen-bond donors (Lipinski definition) is 1. The zero-order chi connectivity index (χ0) is 14.0. The van der Waals surface area contributed by atoms with Crippen LogP contribution in [-0.4, -0.2) is 43.1 Å². The van der Waals surface area contributed by atoms with Crippen LogP contribution in [0.15, 0.2) is 18.2 Å². The van der Waals surface area contributed by atoms with Crippen molar-refractivity contribution in [2.45, 2.75) is 25.9 Å². The van der Waals surface area contributed by atoms with Crippen molar-refractivity contribution in [2.24, 2.45) is 0 Å². The minimum atomic E-state index is -0.458. The lowest BCUT2D eigenvalue weighted by molar-refractivity contribution is 0.0544. The second kappa shape index (κ2) is 5.57. The molecule has 1 amide bonds. The van der Waals surface area contributed by atoms with E-state index in [2.05, 4.69) is 5.32 Å². The van der Waals surface area contributed by atoms with Gasteiger partial charge in [0, 0.05) is 30.7 Å². The standard InChI is InChI=1S/C14H19FN2O2/c1-9-7-16-8-10(2)17(9)14(18)11-4-5-12(15)13(6-11)19-3/h4-6,9-10,16H,7-8H2,1-3H3. The molecule has 1 aromatic carbocycles. The molecular formula is C14H19FN2O2. The summed E-state index contributed by atoms with van der Waals surface area (Å²) in [6.45, 7) is 5.55. The van der Waals surface area contributed by atoms with Crippen molar-refractivity contribution in [3.8, 4) is 5.75 Å². The lowest BCUT2D eigenvalue weighted by Gasteiger charge is -2.39. The molecule has 1 aliphatic rings. The Labute approximate surface area is 112 Å². The third kappa shape index (κ3) is 2.71. The normalized spacial score (nSPS) is 23.3. The first-order chi connectivity index (χ1) is 9.04. The van der Waals surface area contributed by atoms with E-state index in [1.807, 2.05) is 18.7 Å². The molecule has 1 fully saturated rings. The lowest BCUT2D eigenvalue weighted by Crippen LogP contribution is -2.57. The van der Waals surface area contributed by atoms with Gasteiger partial charge in [-0.2, -0.15) is 0 Å². The Balaban J connectivity index is 2.27. The molecule has 5 heteroatoms. The summed E-state index contributed by atoms with van der Waals surface area (Å²) in [7, 11) is 1.39. The van der Waals surface area contributed by atoms with Crippen LogP contribution in [-0.2, 0) is 0 Å². The Morgan fingerprint density at radius 1 is 1.37 bits per heavy atom. The third-order valence-electron chi connectivity index (χ3n) is 3.46. The van der Waals surface area contributed by atoms with E-state index in [-0.39, 0.29) is 23.7 Å². The highest BCUT2D eigenvalue weighted by Crippen LogP contribution is 2.21. The van der Waals surface area contributed by atoms with Gasteiger partial charge in [-0.25, -0.2) is 4.39 Å². The number of halogens is 1. The van der Waals surface area contributed by atoms with Gasteiger partial charge >= 0.3 is 0 Å². The van der Waals surface area contributed by atoms with Crippen LogP contribution < -0.4 is 10.1 Å². The molecule has 104 valence electrons. The number of carbonyl (C=O) groups is 1. The Hall–Kier alpha value is -1.62. The number of nitrogens with one attached hydrogen (secondary N) is 1. The summed E-state index contributed by atoms with van der Waals surface area (Å²) < 4.78 is 18.3. The minimum absolute atomic E-state index is 0.0835. The van der Waals surface area contributed by atoms with Crippen LogP contribution in [0.25, 0.3) is 0 Å². The highest BCUT2D eigenvalue weighted by atomic mass is 19.1. The fourth-order valence-corrected chi connectivity index (χ4v) is 2.47. The van der Waals surface area contributed by atoms with Gasteiger partial charge in [0.2, 0.25) is 0 Å². The van der Waals surface area contributed by atoms with Gasteiger partial charge in [0.15, 0.2) is 11.6 Å². The van der Waals surface area contributed by atoms with E-state index in [9.17, 15) is 9.18 Å². The van der Waals surface area contributed by atoms with E-state index in [1.54, 1.807) is 0 Å². The van der Waals surface area contributed by atoms with Gasteiger partial charge in [-0.3, -0.25) is 4.79 Å². The number of ether oxygens (including phenoxy) is 1. The van der Waals surface area contributed by atoms with Crippen LogP contribution in [0.2, 0.25) is 0 Å². The van der Waals surface area contributed by atoms with Crippen LogP contribution in [0.5, 0.6) is 5.75 Å². The Morgan fingerprint density at radius 2 is 2.00 bits per heavy atom. The molecule has 19 heavy (non-hydrogen) atoms. The second-order valence-corrected chi connectivity index (χ2v) is 4.92. The average molecular weight is 266 g/mol. The monoisotopic (exact) mass is 266 g/mol. The van der Waals surface area contributed by atoms with Crippen molar-refractivity contribution in [3.05, 3.63) is 29.6 Å². The fourth-order valence-electron chi connectivity index (χ4n) is 2.47. The smallest absolute Gasteiger partial charge is 0.254 e. The van der Waals surface area contributed by atoms with Gasteiger partial charge in [-0.1, -0.05) is 0 Å². The van der Waals surface area contributed by atoms with Gasteiger partial charge in [0.05, 0.1) is 7.11 Å². The molecule has 1 N–H and O–H groups in total. The highest BCUT2D eigenvalue weighted by Gasteiger charge is 2.29. The first-order valence-electron chi connectivity index (χ1n) is 6.41. The summed E-state index contributed by atoms with van der Waals surface area (Å²) >= 11 is 0. The van der Waals surface area contributed by atoms with E-state index in [4.69, 9.17) is 4.74 Å². The summed E-state index contributed by atoms with van der Waals surface area (Å²) in [5.74, 6) is -0.443. The summed E-state index contributed by atoms with van der Waals surface area (Å²) in [6, 6.07) is 4.46. The van der Waals surface area contributed by atoms with Crippen molar-refractivity contribution >= 4 is 5.91 Å². The van der Waals surface area contributed by atoms with Crippen molar-refractivity contribution in [1.29, 1.82) is 0 Å². The number of hydrogen-bond acceptors (Lipinski definition) is 3. The maximum Gasteiger partial charge on any atom is 0.254 e. The zero-order valence-electron chi connectivity index (χ0n) is 11.4. The van der Waals surface area contributed by atoms with Crippen LogP contribution in [0.1, 0.15) is 24.2 Å². The van der Waals surface area contributed by atoms with E-state index in [1.165, 1.54) is 25.3 Å². The molecule has 2 atom stereocenters. The van der Waals surface area contributed by atoms with Gasteiger partial charge < -0.3 is 15.0 Å². The number of piperazine rings is 1. The van der Waals surface area contributed by atoms with Crippen molar-refractivity contribution in [1.82, 2.24) is 10.2 Å². The second-order valence-electron chi connectivity index (χ2n) is 4.92. The van der Waals surface area contributed by atoms with E-state index in [0.717, 1.165) is 13.1 Å². The molecule has 0 radical (unpaired) electrons. The summed E-state index contributed by atoms with van der Waals surface area (Å²) in [5.41, 5.74) is 0.457. The number of carbonyl (C=O) groups excluding carboxylic acids is 1. The number of amides is 1. The summed E-state index contributed by atoms with van der Waals surface area (Å²) in [4.78, 5) is 14.4. The van der Waals surface area contributed by atoms with E-state index in [0.29, 0.717) is 5.56 Å². The van der Waals surface area contributed by atoms with Crippen LogP contribution >= 0.6 is 0 Å². The molecule has 1 aromatic rings. The SMILES string of the molecule is COc1cc(C(=O)N2C(C)CNCC2C)ccc1F. The molecule has 0 saturated carbocycles. The largest absolute Gasteiger partial charge is 0.494 e. The number of nitrogens with zero attached hydrogens (tertiary/aromatic N) is 1. The molecule has 2 rings (SSSR count). The molecule has 1 aliphatic heterocycles. The average Bonchev–Trinajstić information content (AvgIpc) is 2.39. The number of benzene rings is 1. The van der Waals surface area contributed by atoms with Gasteiger partial charge in [-0.15, -0.1) is 0 Å². The van der Waals surface area contributed by atoms with Crippen LogP contribution in [0.3, 0.4) is 0 Å². The predicted molar refractivity (Wildman–Crippen MR) is 70.9 cm³/mol. The molecule has 0 bridgehead atoms. The van der Waals surface area contributed by atoms with Crippen molar-refractivity contribution < 1.29 is 13.9 Å². The maximum absolute atomic E-state index is 13.4. The van der Waals surface area contributed by atoms with E-state index < -0.39 is 5.82 Å². The van der Waals surface area contributed by atoms with Crippen molar-refractivity contribution in [2.75, 3.05) is 20.2 Å². The van der Waals surface area contributed by atoms with Crippen LogP contribution in [0, 0.1) is 5.82 Å². The maximum atomic E-state index is 13.4. The first-order valence-corrected chi connectivity index (χ1v) is 6.41. The molecule has 4 nitrogen and oxygen atoms in total. The van der Waals surface area contributed by atoms with E-state index >= 15 is 0 Å². The summed E-state index contributed by atoms with van der Waals surface area (Å²) in [5, 5.41) is 3.27. The number of methoxy groups -OCH3 is 1. The Morgan fingerprint density at radius 3 is 2.58 bits per heavy atom. The lowest BCUT2D eigenvalue weighted by atomic mass is 10.1. The van der Waals surface area contributed by atoms with Crippen LogP contribution in [0.4, 0.5) is 4.39 Å². The topological polar surface area (TPSA) is 41.6 Å². The predicted octanol–water partition coefficient (Wildman–Crippen LogP) is 1.66. The third-order valence-corrected chi connectivity index (χ3v) is 3.46. The molecular weight excluding hydrogens is 247 g/mol. The zero-order valence-corrected chi connectivity index (χ0v) is 11.4. The quantitative estimate of drug-likeness (QED) is 0.885. The molecule has 0 aromatic heterocycles. The number of rotatable bonds is 2.